The van der Waals surface area contributed by atoms with Crippen LogP contribution < -0.4 is 16.6 Å². The Labute approximate surface area is 185 Å². The number of primary sulfonamides is 1. The third-order valence-electron chi connectivity index (χ3n) is 4.74. The van der Waals surface area contributed by atoms with E-state index in [1.54, 1.807) is 54.6 Å². The molecule has 1 amide bonds. The third-order valence-corrected chi connectivity index (χ3v) is 5.67. The van der Waals surface area contributed by atoms with Gasteiger partial charge in [-0.1, -0.05) is 48.6 Å². The highest BCUT2D eigenvalue weighted by Gasteiger charge is 2.14. The van der Waals surface area contributed by atoms with E-state index in [1.807, 2.05) is 6.07 Å². The molecule has 0 saturated heterocycles. The van der Waals surface area contributed by atoms with E-state index in [2.05, 4.69) is 0 Å². The van der Waals surface area contributed by atoms with Crippen molar-refractivity contribution in [2.24, 2.45) is 10.9 Å². The molecule has 0 atom stereocenters. The largest absolute Gasteiger partial charge is 0.481 e. The highest BCUT2D eigenvalue weighted by Crippen LogP contribution is 2.31. The lowest BCUT2D eigenvalue weighted by Gasteiger charge is -2.12. The van der Waals surface area contributed by atoms with E-state index in [4.69, 9.17) is 21.7 Å². The SMILES string of the molecule is NC(=O)c1cc(/C=C/c2cccc(CC(=O)O)c2)cc(-c2ccc(S(N)(=O)=O)cc2)c1N. The van der Waals surface area contributed by atoms with Gasteiger partial charge < -0.3 is 16.6 Å². The number of anilines is 1. The number of hydrogen-bond donors (Lipinski definition) is 4. The maximum atomic E-state index is 11.9. The van der Waals surface area contributed by atoms with Crippen LogP contribution in [0.25, 0.3) is 23.3 Å². The first-order valence-corrected chi connectivity index (χ1v) is 10.9. The molecule has 0 aromatic heterocycles. The van der Waals surface area contributed by atoms with Crippen molar-refractivity contribution in [3.63, 3.8) is 0 Å². The highest BCUT2D eigenvalue weighted by atomic mass is 32.2. The first kappa shape index (κ1) is 22.7. The average molecular weight is 452 g/mol. The smallest absolute Gasteiger partial charge is 0.307 e. The monoisotopic (exact) mass is 451 g/mol. The molecule has 0 aliphatic rings. The van der Waals surface area contributed by atoms with E-state index in [-0.39, 0.29) is 22.6 Å². The van der Waals surface area contributed by atoms with E-state index < -0.39 is 21.9 Å². The summed E-state index contributed by atoms with van der Waals surface area (Å²) in [6.07, 6.45) is 3.43. The Balaban J connectivity index is 2.03. The first-order valence-electron chi connectivity index (χ1n) is 9.40. The number of amides is 1. The number of carboxylic acid groups (broad SMARTS) is 1. The van der Waals surface area contributed by atoms with Crippen LogP contribution in [-0.2, 0) is 21.2 Å². The zero-order valence-corrected chi connectivity index (χ0v) is 17.7. The molecule has 3 rings (SSSR count). The number of carboxylic acids is 1. The molecule has 0 spiro atoms. The van der Waals surface area contributed by atoms with Gasteiger partial charge in [0.05, 0.1) is 22.6 Å². The summed E-state index contributed by atoms with van der Waals surface area (Å²) in [7, 11) is -3.85. The summed E-state index contributed by atoms with van der Waals surface area (Å²) in [5.41, 5.74) is 15.1. The number of nitrogens with two attached hydrogens (primary N) is 3. The van der Waals surface area contributed by atoms with Crippen molar-refractivity contribution in [3.8, 4) is 11.1 Å². The molecule has 164 valence electrons. The normalized spacial score (nSPS) is 11.5. The van der Waals surface area contributed by atoms with Crippen LogP contribution in [0.4, 0.5) is 5.69 Å². The third kappa shape index (κ3) is 5.39. The second kappa shape index (κ2) is 9.04. The molecule has 32 heavy (non-hydrogen) atoms. The van der Waals surface area contributed by atoms with Crippen LogP contribution in [0.15, 0.2) is 65.6 Å². The van der Waals surface area contributed by atoms with Gasteiger partial charge in [0.15, 0.2) is 0 Å². The van der Waals surface area contributed by atoms with E-state index in [0.29, 0.717) is 22.3 Å². The van der Waals surface area contributed by atoms with Gasteiger partial charge in [0.25, 0.3) is 5.91 Å². The zero-order chi connectivity index (χ0) is 23.5. The van der Waals surface area contributed by atoms with E-state index >= 15 is 0 Å². The minimum absolute atomic E-state index is 0.0489. The number of hydrogen-bond acceptors (Lipinski definition) is 5. The lowest BCUT2D eigenvalue weighted by Crippen LogP contribution is -2.14. The van der Waals surface area contributed by atoms with Crippen LogP contribution in [0.2, 0.25) is 0 Å². The van der Waals surface area contributed by atoms with Gasteiger partial charge in [-0.25, -0.2) is 13.6 Å². The molecule has 0 saturated carbocycles. The quantitative estimate of drug-likeness (QED) is 0.318. The lowest BCUT2D eigenvalue weighted by molar-refractivity contribution is -0.136. The summed E-state index contributed by atoms with van der Waals surface area (Å²) >= 11 is 0. The van der Waals surface area contributed by atoms with Crippen molar-refractivity contribution in [2.75, 3.05) is 5.73 Å². The minimum Gasteiger partial charge on any atom is -0.481 e. The molecular formula is C23H21N3O5S. The molecule has 8 nitrogen and oxygen atoms in total. The zero-order valence-electron chi connectivity index (χ0n) is 16.9. The summed E-state index contributed by atoms with van der Waals surface area (Å²) in [6, 6.07) is 16.1. The molecule has 0 heterocycles. The standard InChI is InChI=1S/C23H21N3O5S/c24-22-19(17-6-8-18(9-7-17)32(26,30)31)11-16(12-20(22)23(25)29)5-4-14-2-1-3-15(10-14)13-21(27)28/h1-12H,13,24H2,(H2,25,29)(H,27,28)(H2,26,30,31)/b5-4+. The molecule has 3 aromatic carbocycles. The van der Waals surface area contributed by atoms with E-state index in [9.17, 15) is 18.0 Å². The fraction of sp³-hybridized carbons (Fsp3) is 0.0435. The van der Waals surface area contributed by atoms with E-state index in [1.165, 1.54) is 12.1 Å². The number of benzene rings is 3. The van der Waals surface area contributed by atoms with Crippen molar-refractivity contribution >= 4 is 39.7 Å². The first-order chi connectivity index (χ1) is 15.0. The molecule has 0 aliphatic heterocycles. The van der Waals surface area contributed by atoms with Crippen LogP contribution in [-0.4, -0.2) is 25.4 Å². The molecule has 0 fully saturated rings. The fourth-order valence-electron chi connectivity index (χ4n) is 3.21. The number of carbonyl (C=O) groups excluding carboxylic acids is 1. The van der Waals surface area contributed by atoms with E-state index in [0.717, 1.165) is 5.56 Å². The van der Waals surface area contributed by atoms with Crippen molar-refractivity contribution in [1.29, 1.82) is 0 Å². The second-order valence-electron chi connectivity index (χ2n) is 7.11. The Morgan fingerprint density at radius 3 is 2.19 bits per heavy atom. The van der Waals surface area contributed by atoms with Crippen LogP contribution in [0.3, 0.4) is 0 Å². The molecule has 9 heteroatoms. The number of sulfonamides is 1. The second-order valence-corrected chi connectivity index (χ2v) is 8.67. The Bertz CT molecular complexity index is 1330. The van der Waals surface area contributed by atoms with Gasteiger partial charge in [-0.3, -0.25) is 9.59 Å². The van der Waals surface area contributed by atoms with Gasteiger partial charge in [-0.05, 0) is 46.5 Å². The number of nitrogen functional groups attached to an aromatic ring is 1. The minimum atomic E-state index is -3.85. The predicted octanol–water partition coefficient (Wildman–Crippen LogP) is 2.48. The highest BCUT2D eigenvalue weighted by molar-refractivity contribution is 7.89. The Morgan fingerprint density at radius 2 is 1.59 bits per heavy atom. The van der Waals surface area contributed by atoms with Gasteiger partial charge in [0.2, 0.25) is 10.0 Å². The molecule has 3 aromatic rings. The van der Waals surface area contributed by atoms with Crippen LogP contribution in [0.1, 0.15) is 27.0 Å². The average Bonchev–Trinajstić information content (AvgIpc) is 2.72. The molecule has 7 N–H and O–H groups in total. The number of primary amides is 1. The fourth-order valence-corrected chi connectivity index (χ4v) is 3.73. The van der Waals surface area contributed by atoms with Crippen LogP contribution >= 0.6 is 0 Å². The summed E-state index contributed by atoms with van der Waals surface area (Å²) in [4.78, 5) is 22.8. The molecular weight excluding hydrogens is 430 g/mol. The number of rotatable bonds is 7. The summed E-state index contributed by atoms with van der Waals surface area (Å²) < 4.78 is 23.0. The van der Waals surface area contributed by atoms with Crippen molar-refractivity contribution in [3.05, 3.63) is 82.9 Å². The lowest BCUT2D eigenvalue weighted by atomic mass is 9.96. The van der Waals surface area contributed by atoms with Crippen molar-refractivity contribution in [2.45, 2.75) is 11.3 Å². The van der Waals surface area contributed by atoms with Crippen molar-refractivity contribution < 1.29 is 23.1 Å². The summed E-state index contributed by atoms with van der Waals surface area (Å²) in [5.74, 6) is -1.63. The maximum absolute atomic E-state index is 11.9. The number of aliphatic carboxylic acids is 1. The van der Waals surface area contributed by atoms with Gasteiger partial charge in [-0.15, -0.1) is 0 Å². The van der Waals surface area contributed by atoms with Crippen molar-refractivity contribution in [1.82, 2.24) is 0 Å². The Hall–Kier alpha value is -3.95. The van der Waals surface area contributed by atoms with Gasteiger partial charge in [0.1, 0.15) is 0 Å². The molecule has 0 bridgehead atoms. The summed E-state index contributed by atoms with van der Waals surface area (Å²) in [6.45, 7) is 0. The number of carbonyl (C=O) groups is 2. The maximum Gasteiger partial charge on any atom is 0.307 e. The van der Waals surface area contributed by atoms with Gasteiger partial charge in [0, 0.05) is 5.56 Å². The summed E-state index contributed by atoms with van der Waals surface area (Å²) in [5, 5.41) is 14.1. The Morgan fingerprint density at radius 1 is 0.938 bits per heavy atom. The van der Waals surface area contributed by atoms with Crippen LogP contribution in [0.5, 0.6) is 0 Å². The van der Waals surface area contributed by atoms with Gasteiger partial charge in [-0.2, -0.15) is 0 Å². The topological polar surface area (TPSA) is 167 Å². The molecule has 0 unspecified atom stereocenters. The molecule has 0 aliphatic carbocycles. The molecule has 0 radical (unpaired) electrons. The van der Waals surface area contributed by atoms with Crippen LogP contribution in [0, 0.1) is 0 Å². The predicted molar refractivity (Wildman–Crippen MR) is 123 cm³/mol. The Kier molecular flexibility index (Phi) is 6.42. The van der Waals surface area contributed by atoms with Gasteiger partial charge >= 0.3 is 5.97 Å².